The highest BCUT2D eigenvalue weighted by Gasteiger charge is 2.25. The SMILES string of the molecule is CC(C)c1sc(C(C)C)c2c1OCCS2. The van der Waals surface area contributed by atoms with Gasteiger partial charge in [0, 0.05) is 10.6 Å². The summed E-state index contributed by atoms with van der Waals surface area (Å²) in [5.41, 5.74) is 0. The largest absolute Gasteiger partial charge is 0.490 e. The van der Waals surface area contributed by atoms with Crippen LogP contribution in [0, 0.1) is 0 Å². The van der Waals surface area contributed by atoms with E-state index in [9.17, 15) is 0 Å². The van der Waals surface area contributed by atoms with E-state index >= 15 is 0 Å². The van der Waals surface area contributed by atoms with Crippen molar-refractivity contribution in [1.82, 2.24) is 0 Å². The molecule has 0 aliphatic carbocycles. The highest BCUT2D eigenvalue weighted by molar-refractivity contribution is 7.99. The Balaban J connectivity index is 2.49. The first-order chi connectivity index (χ1) is 7.11. The molecule has 0 unspecified atom stereocenters. The van der Waals surface area contributed by atoms with Crippen LogP contribution in [0.1, 0.15) is 49.3 Å². The summed E-state index contributed by atoms with van der Waals surface area (Å²) >= 11 is 3.91. The highest BCUT2D eigenvalue weighted by Crippen LogP contribution is 2.49. The number of hydrogen-bond acceptors (Lipinski definition) is 3. The maximum atomic E-state index is 5.84. The van der Waals surface area contributed by atoms with E-state index in [1.807, 2.05) is 23.1 Å². The van der Waals surface area contributed by atoms with Crippen LogP contribution in [0.5, 0.6) is 5.75 Å². The Morgan fingerprint density at radius 1 is 1.07 bits per heavy atom. The summed E-state index contributed by atoms with van der Waals surface area (Å²) in [6.45, 7) is 9.90. The molecule has 2 rings (SSSR count). The molecule has 0 atom stereocenters. The normalized spacial score (nSPS) is 15.6. The third kappa shape index (κ3) is 2.04. The van der Waals surface area contributed by atoms with E-state index in [4.69, 9.17) is 4.74 Å². The Labute approximate surface area is 100 Å². The topological polar surface area (TPSA) is 9.23 Å². The molecule has 84 valence electrons. The molecule has 1 aromatic rings. The van der Waals surface area contributed by atoms with Crippen molar-refractivity contribution in [3.63, 3.8) is 0 Å². The molecule has 1 nitrogen and oxygen atoms in total. The van der Waals surface area contributed by atoms with Crippen LogP contribution in [0.4, 0.5) is 0 Å². The molecule has 15 heavy (non-hydrogen) atoms. The molecule has 0 bridgehead atoms. The predicted molar refractivity (Wildman–Crippen MR) is 68.7 cm³/mol. The number of thiophene rings is 1. The van der Waals surface area contributed by atoms with Gasteiger partial charge in [0.15, 0.2) is 0 Å². The molecule has 0 amide bonds. The Morgan fingerprint density at radius 2 is 1.73 bits per heavy atom. The minimum Gasteiger partial charge on any atom is -0.490 e. The van der Waals surface area contributed by atoms with E-state index in [1.54, 1.807) is 0 Å². The molecule has 1 aliphatic rings. The fraction of sp³-hybridized carbons (Fsp3) is 0.667. The second-order valence-corrected chi connectivity index (χ2v) is 6.68. The Morgan fingerprint density at radius 3 is 2.33 bits per heavy atom. The van der Waals surface area contributed by atoms with E-state index in [0.717, 1.165) is 12.4 Å². The van der Waals surface area contributed by atoms with Gasteiger partial charge in [0.1, 0.15) is 5.75 Å². The van der Waals surface area contributed by atoms with E-state index in [0.29, 0.717) is 11.8 Å². The van der Waals surface area contributed by atoms with Crippen molar-refractivity contribution in [3.8, 4) is 5.75 Å². The van der Waals surface area contributed by atoms with Crippen molar-refractivity contribution in [1.29, 1.82) is 0 Å². The molecule has 0 spiro atoms. The second-order valence-electron chi connectivity index (χ2n) is 4.50. The van der Waals surface area contributed by atoms with Crippen LogP contribution in [-0.4, -0.2) is 12.4 Å². The van der Waals surface area contributed by atoms with Crippen LogP contribution in [0.2, 0.25) is 0 Å². The minimum atomic E-state index is 0.579. The lowest BCUT2D eigenvalue weighted by Crippen LogP contribution is -2.07. The smallest absolute Gasteiger partial charge is 0.147 e. The van der Waals surface area contributed by atoms with Gasteiger partial charge in [-0.3, -0.25) is 0 Å². The van der Waals surface area contributed by atoms with Crippen molar-refractivity contribution in [3.05, 3.63) is 9.75 Å². The fourth-order valence-electron chi connectivity index (χ4n) is 1.76. The zero-order chi connectivity index (χ0) is 11.0. The Kier molecular flexibility index (Phi) is 3.31. The average Bonchev–Trinajstić information content (AvgIpc) is 2.56. The minimum absolute atomic E-state index is 0.579. The molecule has 2 heterocycles. The fourth-order valence-corrected chi connectivity index (χ4v) is 4.32. The standard InChI is InChI=1S/C12H18OS2/c1-7(2)10-9-12(14-6-5-13-9)11(15-10)8(3)4/h7-8H,5-6H2,1-4H3. The van der Waals surface area contributed by atoms with Crippen molar-refractivity contribution in [2.75, 3.05) is 12.4 Å². The first-order valence-electron chi connectivity index (χ1n) is 5.53. The molecule has 1 aromatic heterocycles. The molecule has 0 fully saturated rings. The molecule has 0 radical (unpaired) electrons. The molecule has 0 saturated carbocycles. The van der Waals surface area contributed by atoms with Gasteiger partial charge in [0.05, 0.1) is 16.4 Å². The number of thioether (sulfide) groups is 1. The quantitative estimate of drug-likeness (QED) is 0.756. The lowest BCUT2D eigenvalue weighted by molar-refractivity contribution is 0.327. The van der Waals surface area contributed by atoms with Crippen LogP contribution in [-0.2, 0) is 0 Å². The van der Waals surface area contributed by atoms with Gasteiger partial charge in [-0.15, -0.1) is 23.1 Å². The van der Waals surface area contributed by atoms with E-state index in [1.165, 1.54) is 20.4 Å². The number of ether oxygens (including phenoxy) is 1. The zero-order valence-electron chi connectivity index (χ0n) is 9.79. The molecular weight excluding hydrogens is 224 g/mol. The summed E-state index contributed by atoms with van der Waals surface area (Å²) in [5, 5.41) is 0. The maximum Gasteiger partial charge on any atom is 0.147 e. The van der Waals surface area contributed by atoms with E-state index in [-0.39, 0.29) is 0 Å². The maximum absolute atomic E-state index is 5.84. The first kappa shape index (κ1) is 11.3. The molecular formula is C12H18OS2. The van der Waals surface area contributed by atoms with Gasteiger partial charge in [-0.05, 0) is 11.8 Å². The van der Waals surface area contributed by atoms with Gasteiger partial charge in [0.2, 0.25) is 0 Å². The highest BCUT2D eigenvalue weighted by atomic mass is 32.2. The number of fused-ring (bicyclic) bond motifs is 1. The Bertz CT molecular complexity index is 320. The predicted octanol–water partition coefficient (Wildman–Crippen LogP) is 4.48. The summed E-state index contributed by atoms with van der Waals surface area (Å²) in [5.74, 6) is 3.48. The van der Waals surface area contributed by atoms with E-state index < -0.39 is 0 Å². The zero-order valence-corrected chi connectivity index (χ0v) is 11.4. The molecule has 0 N–H and O–H groups in total. The summed E-state index contributed by atoms with van der Waals surface area (Å²) in [6.07, 6.45) is 0. The van der Waals surface area contributed by atoms with Gasteiger partial charge < -0.3 is 4.74 Å². The summed E-state index contributed by atoms with van der Waals surface area (Å²) in [7, 11) is 0. The lowest BCUT2D eigenvalue weighted by atomic mass is 10.1. The third-order valence-corrected chi connectivity index (χ3v) is 5.46. The van der Waals surface area contributed by atoms with Crippen LogP contribution in [0.25, 0.3) is 0 Å². The monoisotopic (exact) mass is 242 g/mol. The van der Waals surface area contributed by atoms with Crippen molar-refractivity contribution >= 4 is 23.1 Å². The van der Waals surface area contributed by atoms with Gasteiger partial charge in [-0.1, -0.05) is 27.7 Å². The summed E-state index contributed by atoms with van der Waals surface area (Å²) in [4.78, 5) is 4.37. The average molecular weight is 242 g/mol. The molecule has 0 aromatic carbocycles. The Hall–Kier alpha value is -0.150. The van der Waals surface area contributed by atoms with Crippen LogP contribution in [0.3, 0.4) is 0 Å². The van der Waals surface area contributed by atoms with Gasteiger partial charge >= 0.3 is 0 Å². The summed E-state index contributed by atoms with van der Waals surface area (Å²) < 4.78 is 5.84. The molecule has 0 saturated heterocycles. The van der Waals surface area contributed by atoms with Crippen LogP contribution < -0.4 is 4.74 Å². The van der Waals surface area contributed by atoms with Gasteiger partial charge in [-0.25, -0.2) is 0 Å². The van der Waals surface area contributed by atoms with Gasteiger partial charge in [0.25, 0.3) is 0 Å². The van der Waals surface area contributed by atoms with Crippen molar-refractivity contribution in [2.45, 2.75) is 44.4 Å². The second kappa shape index (κ2) is 4.38. The lowest BCUT2D eigenvalue weighted by Gasteiger charge is -2.17. The van der Waals surface area contributed by atoms with Crippen molar-refractivity contribution in [2.24, 2.45) is 0 Å². The van der Waals surface area contributed by atoms with Crippen molar-refractivity contribution < 1.29 is 4.74 Å². The van der Waals surface area contributed by atoms with Gasteiger partial charge in [-0.2, -0.15) is 0 Å². The molecule has 3 heteroatoms. The number of rotatable bonds is 2. The van der Waals surface area contributed by atoms with Crippen LogP contribution in [0.15, 0.2) is 4.90 Å². The van der Waals surface area contributed by atoms with Crippen LogP contribution >= 0.6 is 23.1 Å². The molecule has 1 aliphatic heterocycles. The summed E-state index contributed by atoms with van der Waals surface area (Å²) in [6, 6.07) is 0. The third-order valence-electron chi connectivity index (χ3n) is 2.50. The number of hydrogen-bond donors (Lipinski definition) is 0. The van der Waals surface area contributed by atoms with E-state index in [2.05, 4.69) is 27.7 Å². The first-order valence-corrected chi connectivity index (χ1v) is 7.33.